The number of hydrogen-bond donors (Lipinski definition) is 1. The zero-order chi connectivity index (χ0) is 23.3. The van der Waals surface area contributed by atoms with E-state index in [1.165, 1.54) is 0 Å². The Bertz CT molecular complexity index is 914. The van der Waals surface area contributed by atoms with E-state index in [1.54, 1.807) is 11.8 Å². The Balaban J connectivity index is 2.20. The molecule has 0 bridgehead atoms. The fraction of sp³-hybridized carbons (Fsp3) is 0.417. The predicted molar refractivity (Wildman–Crippen MR) is 131 cm³/mol. The lowest BCUT2D eigenvalue weighted by Crippen LogP contribution is -2.53. The van der Waals surface area contributed by atoms with Crippen LogP contribution in [0.5, 0.6) is 5.75 Å². The molecule has 2 rings (SSSR count). The molecule has 7 heteroatoms. The van der Waals surface area contributed by atoms with E-state index in [2.05, 4.69) is 37.2 Å². The first-order valence-electron chi connectivity index (χ1n) is 10.1. The van der Waals surface area contributed by atoms with Crippen molar-refractivity contribution in [2.45, 2.75) is 59.7 Å². The van der Waals surface area contributed by atoms with Crippen LogP contribution in [-0.2, 0) is 16.1 Å². The van der Waals surface area contributed by atoms with E-state index in [0.29, 0.717) is 12.3 Å². The summed E-state index contributed by atoms with van der Waals surface area (Å²) < 4.78 is 7.78. The van der Waals surface area contributed by atoms with Gasteiger partial charge in [-0.1, -0.05) is 44.0 Å². The lowest BCUT2D eigenvalue weighted by molar-refractivity contribution is -0.142. The van der Waals surface area contributed by atoms with Crippen molar-refractivity contribution in [3.8, 4) is 5.75 Å². The van der Waals surface area contributed by atoms with Crippen LogP contribution in [0.1, 0.15) is 44.4 Å². The van der Waals surface area contributed by atoms with Gasteiger partial charge in [0.15, 0.2) is 6.61 Å². The molecule has 0 fully saturated rings. The normalized spacial score (nSPS) is 12.3. The SMILES string of the molecule is Cc1cc(OCC(=O)N(Cc2ccc(Br)cc2)C(C)C(=O)NC(C)(C)C)cc(C)c1Br. The zero-order valence-corrected chi connectivity index (χ0v) is 22.1. The topological polar surface area (TPSA) is 58.6 Å². The van der Waals surface area contributed by atoms with Gasteiger partial charge in [0.05, 0.1) is 0 Å². The molecule has 0 radical (unpaired) electrons. The number of ether oxygens (including phenoxy) is 1. The standard InChI is InChI=1S/C24H30Br2N2O3/c1-15-11-20(12-16(2)22(15)26)31-14-21(29)28(13-18-7-9-19(25)10-8-18)17(3)23(30)27-24(4,5)6/h7-12,17H,13-14H2,1-6H3,(H,27,30). The van der Waals surface area contributed by atoms with Crippen molar-refractivity contribution in [1.29, 1.82) is 0 Å². The summed E-state index contributed by atoms with van der Waals surface area (Å²) in [6, 6.07) is 10.8. The Morgan fingerprint density at radius 1 is 1.06 bits per heavy atom. The van der Waals surface area contributed by atoms with Crippen LogP contribution in [0.3, 0.4) is 0 Å². The molecule has 0 aliphatic carbocycles. The molecule has 2 aromatic rings. The summed E-state index contributed by atoms with van der Waals surface area (Å²) in [4.78, 5) is 27.5. The van der Waals surface area contributed by atoms with E-state index < -0.39 is 6.04 Å². The van der Waals surface area contributed by atoms with Crippen molar-refractivity contribution in [2.75, 3.05) is 6.61 Å². The van der Waals surface area contributed by atoms with Gasteiger partial charge in [-0.05, 0) is 82.5 Å². The van der Waals surface area contributed by atoms with Crippen molar-refractivity contribution in [3.63, 3.8) is 0 Å². The van der Waals surface area contributed by atoms with Gasteiger partial charge in [0, 0.05) is 21.0 Å². The summed E-state index contributed by atoms with van der Waals surface area (Å²) in [6.07, 6.45) is 0. The van der Waals surface area contributed by atoms with Crippen molar-refractivity contribution in [1.82, 2.24) is 10.2 Å². The maximum atomic E-state index is 13.1. The minimum Gasteiger partial charge on any atom is -0.484 e. The number of carbonyl (C=O) groups is 2. The van der Waals surface area contributed by atoms with E-state index in [9.17, 15) is 9.59 Å². The molecule has 0 aromatic heterocycles. The molecule has 168 valence electrons. The molecular weight excluding hydrogens is 524 g/mol. The molecular formula is C24H30Br2N2O3. The molecule has 2 amide bonds. The number of carbonyl (C=O) groups excluding carboxylic acids is 2. The first-order valence-corrected chi connectivity index (χ1v) is 11.7. The summed E-state index contributed by atoms with van der Waals surface area (Å²) in [6.45, 7) is 11.6. The quantitative estimate of drug-likeness (QED) is 0.489. The van der Waals surface area contributed by atoms with Crippen LogP contribution in [0.15, 0.2) is 45.3 Å². The first-order chi connectivity index (χ1) is 14.4. The number of aryl methyl sites for hydroxylation is 2. The van der Waals surface area contributed by atoms with Gasteiger partial charge in [-0.3, -0.25) is 9.59 Å². The van der Waals surface area contributed by atoms with E-state index in [4.69, 9.17) is 4.74 Å². The second kappa shape index (κ2) is 10.6. The summed E-state index contributed by atoms with van der Waals surface area (Å²) in [5, 5.41) is 2.96. The maximum Gasteiger partial charge on any atom is 0.261 e. The third-order valence-corrected chi connectivity index (χ3v) is 6.48. The zero-order valence-electron chi connectivity index (χ0n) is 18.9. The van der Waals surface area contributed by atoms with Gasteiger partial charge in [-0.25, -0.2) is 0 Å². The molecule has 2 aromatic carbocycles. The van der Waals surface area contributed by atoms with Crippen LogP contribution in [-0.4, -0.2) is 34.9 Å². The van der Waals surface area contributed by atoms with Crippen LogP contribution in [0.4, 0.5) is 0 Å². The Kier molecular flexibility index (Phi) is 8.72. The van der Waals surface area contributed by atoms with Crippen LogP contribution < -0.4 is 10.1 Å². The third kappa shape index (κ3) is 7.65. The van der Waals surface area contributed by atoms with Crippen molar-refractivity contribution in [3.05, 3.63) is 62.0 Å². The molecule has 5 nitrogen and oxygen atoms in total. The van der Waals surface area contributed by atoms with Gasteiger partial charge in [-0.15, -0.1) is 0 Å². The highest BCUT2D eigenvalue weighted by molar-refractivity contribution is 9.10. The minimum atomic E-state index is -0.646. The summed E-state index contributed by atoms with van der Waals surface area (Å²) >= 11 is 6.96. The summed E-state index contributed by atoms with van der Waals surface area (Å²) in [5.74, 6) is 0.174. The van der Waals surface area contributed by atoms with Gasteiger partial charge < -0.3 is 15.0 Å². The van der Waals surface area contributed by atoms with Crippen molar-refractivity contribution in [2.24, 2.45) is 0 Å². The molecule has 0 spiro atoms. The van der Waals surface area contributed by atoms with Gasteiger partial charge in [0.2, 0.25) is 5.91 Å². The fourth-order valence-corrected chi connectivity index (χ4v) is 3.55. The number of benzene rings is 2. The molecule has 0 heterocycles. The highest BCUT2D eigenvalue weighted by atomic mass is 79.9. The fourth-order valence-electron chi connectivity index (χ4n) is 3.06. The number of hydrogen-bond acceptors (Lipinski definition) is 3. The highest BCUT2D eigenvalue weighted by Gasteiger charge is 2.28. The van der Waals surface area contributed by atoms with Crippen LogP contribution in [0, 0.1) is 13.8 Å². The maximum absolute atomic E-state index is 13.1. The Labute approximate surface area is 201 Å². The van der Waals surface area contributed by atoms with Crippen molar-refractivity contribution < 1.29 is 14.3 Å². The largest absolute Gasteiger partial charge is 0.484 e. The second-order valence-corrected chi connectivity index (χ2v) is 10.4. The summed E-state index contributed by atoms with van der Waals surface area (Å²) in [5.41, 5.74) is 2.61. The van der Waals surface area contributed by atoms with Gasteiger partial charge in [-0.2, -0.15) is 0 Å². The first kappa shape index (κ1) is 25.4. The van der Waals surface area contributed by atoms with E-state index in [-0.39, 0.29) is 24.0 Å². The number of rotatable bonds is 7. The Morgan fingerprint density at radius 3 is 2.13 bits per heavy atom. The number of amides is 2. The van der Waals surface area contributed by atoms with Crippen LogP contribution >= 0.6 is 31.9 Å². The van der Waals surface area contributed by atoms with E-state index in [0.717, 1.165) is 25.6 Å². The molecule has 1 N–H and O–H groups in total. The number of nitrogens with zero attached hydrogens (tertiary/aromatic N) is 1. The molecule has 0 aliphatic rings. The molecule has 0 saturated carbocycles. The van der Waals surface area contributed by atoms with Crippen LogP contribution in [0.2, 0.25) is 0 Å². The van der Waals surface area contributed by atoms with Gasteiger partial charge in [0.25, 0.3) is 5.91 Å². The molecule has 1 unspecified atom stereocenters. The highest BCUT2D eigenvalue weighted by Crippen LogP contribution is 2.26. The third-order valence-electron chi connectivity index (χ3n) is 4.70. The molecule has 31 heavy (non-hydrogen) atoms. The predicted octanol–water partition coefficient (Wildman–Crippen LogP) is 5.54. The average Bonchev–Trinajstić information content (AvgIpc) is 2.67. The van der Waals surface area contributed by atoms with Gasteiger partial charge >= 0.3 is 0 Å². The number of nitrogens with one attached hydrogen (secondary N) is 1. The lowest BCUT2D eigenvalue weighted by atomic mass is 10.1. The molecule has 1 atom stereocenters. The van der Waals surface area contributed by atoms with E-state index >= 15 is 0 Å². The lowest BCUT2D eigenvalue weighted by Gasteiger charge is -2.31. The molecule has 0 aliphatic heterocycles. The summed E-state index contributed by atoms with van der Waals surface area (Å²) in [7, 11) is 0. The minimum absolute atomic E-state index is 0.149. The van der Waals surface area contributed by atoms with Crippen LogP contribution in [0.25, 0.3) is 0 Å². The number of halogens is 2. The smallest absolute Gasteiger partial charge is 0.261 e. The Hall–Kier alpha value is -1.86. The molecule has 0 saturated heterocycles. The Morgan fingerprint density at radius 2 is 1.61 bits per heavy atom. The average molecular weight is 554 g/mol. The van der Waals surface area contributed by atoms with E-state index in [1.807, 2.05) is 71.0 Å². The second-order valence-electron chi connectivity index (χ2n) is 8.72. The van der Waals surface area contributed by atoms with Crippen molar-refractivity contribution >= 4 is 43.7 Å². The van der Waals surface area contributed by atoms with Gasteiger partial charge in [0.1, 0.15) is 11.8 Å². The monoisotopic (exact) mass is 552 g/mol.